The summed E-state index contributed by atoms with van der Waals surface area (Å²) in [6.45, 7) is 8.38. The van der Waals surface area contributed by atoms with Crippen LogP contribution in [0.25, 0.3) is 0 Å². The Hall–Kier alpha value is -0.540. The van der Waals surface area contributed by atoms with Crippen molar-refractivity contribution in [3.63, 3.8) is 0 Å². The molecule has 0 aliphatic heterocycles. The van der Waals surface area contributed by atoms with E-state index in [2.05, 4.69) is 26.1 Å². The van der Waals surface area contributed by atoms with E-state index in [-0.39, 0.29) is 16.6 Å². The Labute approximate surface area is 102 Å². The monoisotopic (exact) mass is 241 g/mol. The van der Waals surface area contributed by atoms with Crippen LogP contribution >= 0.6 is 11.8 Å². The minimum absolute atomic E-state index is 0.0334. The maximum atomic E-state index is 13.8. The van der Waals surface area contributed by atoms with Crippen LogP contribution < -0.4 is 5.32 Å². The molecule has 0 fully saturated rings. The van der Waals surface area contributed by atoms with E-state index in [0.29, 0.717) is 0 Å². The van der Waals surface area contributed by atoms with Crippen molar-refractivity contribution in [1.82, 2.24) is 5.32 Å². The van der Waals surface area contributed by atoms with E-state index in [1.807, 2.05) is 20.0 Å². The molecule has 1 unspecified atom stereocenters. The summed E-state index contributed by atoms with van der Waals surface area (Å²) in [5.74, 6) is -0.129. The molecule has 0 aromatic heterocycles. The molecule has 0 radical (unpaired) electrons. The highest BCUT2D eigenvalue weighted by Crippen LogP contribution is 2.37. The topological polar surface area (TPSA) is 12.0 Å². The second-order valence-electron chi connectivity index (χ2n) is 4.88. The van der Waals surface area contributed by atoms with Crippen molar-refractivity contribution in [1.29, 1.82) is 0 Å². The van der Waals surface area contributed by atoms with Crippen LogP contribution in [0, 0.1) is 5.82 Å². The summed E-state index contributed by atoms with van der Waals surface area (Å²) in [4.78, 5) is 1.02. The van der Waals surface area contributed by atoms with Crippen LogP contribution in [0.3, 0.4) is 0 Å². The highest BCUT2D eigenvalue weighted by Gasteiger charge is 2.19. The quantitative estimate of drug-likeness (QED) is 0.803. The molecule has 1 atom stereocenters. The summed E-state index contributed by atoms with van der Waals surface area (Å²) >= 11 is 1.71. The maximum Gasteiger partial charge on any atom is 0.129 e. The van der Waals surface area contributed by atoms with Gasteiger partial charge in [-0.2, -0.15) is 0 Å². The molecule has 90 valence electrons. The third kappa shape index (κ3) is 3.49. The Bertz CT molecular complexity index is 357. The molecule has 0 saturated carbocycles. The summed E-state index contributed by atoms with van der Waals surface area (Å²) in [5.41, 5.74) is 0.768. The summed E-state index contributed by atoms with van der Waals surface area (Å²) in [5, 5.41) is 3.09. The van der Waals surface area contributed by atoms with Gasteiger partial charge in [0.1, 0.15) is 5.82 Å². The zero-order valence-electron chi connectivity index (χ0n) is 10.6. The second-order valence-corrected chi connectivity index (χ2v) is 6.75. The van der Waals surface area contributed by atoms with Gasteiger partial charge in [0.2, 0.25) is 0 Å². The lowest BCUT2D eigenvalue weighted by molar-refractivity contribution is 0.551. The van der Waals surface area contributed by atoms with Crippen LogP contribution in [-0.4, -0.2) is 11.8 Å². The van der Waals surface area contributed by atoms with Crippen molar-refractivity contribution in [2.45, 2.75) is 43.4 Å². The molecule has 0 saturated heterocycles. The molecule has 3 heteroatoms. The predicted molar refractivity (Wildman–Crippen MR) is 69.5 cm³/mol. The van der Waals surface area contributed by atoms with Crippen molar-refractivity contribution in [3.8, 4) is 0 Å². The van der Waals surface area contributed by atoms with Gasteiger partial charge in [-0.25, -0.2) is 4.39 Å². The molecule has 1 N–H and O–H groups in total. The first-order valence-corrected chi connectivity index (χ1v) is 6.31. The molecule has 1 aromatic carbocycles. The Balaban J connectivity index is 3.13. The molecule has 1 aromatic rings. The van der Waals surface area contributed by atoms with Gasteiger partial charge in [0.05, 0.1) is 0 Å². The first-order valence-electron chi connectivity index (χ1n) is 5.50. The van der Waals surface area contributed by atoms with Gasteiger partial charge in [-0.05, 0) is 26.1 Å². The molecular weight excluding hydrogens is 221 g/mol. The first kappa shape index (κ1) is 13.5. The van der Waals surface area contributed by atoms with Crippen molar-refractivity contribution in [2.24, 2.45) is 0 Å². The Morgan fingerprint density at radius 3 is 2.44 bits per heavy atom. The maximum absolute atomic E-state index is 13.8. The Kier molecular flexibility index (Phi) is 4.39. The molecule has 16 heavy (non-hydrogen) atoms. The van der Waals surface area contributed by atoms with Crippen LogP contribution in [-0.2, 0) is 0 Å². The minimum Gasteiger partial charge on any atom is -0.313 e. The molecular formula is C13H20FNS. The van der Waals surface area contributed by atoms with Gasteiger partial charge in [-0.15, -0.1) is 11.8 Å². The molecule has 0 amide bonds. The van der Waals surface area contributed by atoms with Crippen molar-refractivity contribution < 1.29 is 4.39 Å². The average Bonchev–Trinajstić information content (AvgIpc) is 2.14. The summed E-state index contributed by atoms with van der Waals surface area (Å²) in [6.07, 6.45) is 0. The zero-order valence-corrected chi connectivity index (χ0v) is 11.4. The van der Waals surface area contributed by atoms with Gasteiger partial charge in [0, 0.05) is 21.2 Å². The van der Waals surface area contributed by atoms with Crippen molar-refractivity contribution in [2.75, 3.05) is 7.05 Å². The van der Waals surface area contributed by atoms with E-state index in [1.54, 1.807) is 17.8 Å². The van der Waals surface area contributed by atoms with Crippen molar-refractivity contribution in [3.05, 3.63) is 29.6 Å². The first-order chi connectivity index (χ1) is 7.35. The fourth-order valence-electron chi connectivity index (χ4n) is 1.50. The van der Waals surface area contributed by atoms with Crippen molar-refractivity contribution >= 4 is 11.8 Å². The van der Waals surface area contributed by atoms with E-state index in [0.717, 1.165) is 10.5 Å². The number of nitrogens with one attached hydrogen (secondary N) is 1. The number of hydrogen-bond acceptors (Lipinski definition) is 2. The number of halogens is 1. The molecule has 1 nitrogen and oxygen atoms in total. The normalized spacial score (nSPS) is 13.9. The number of rotatable bonds is 3. The molecule has 0 aliphatic rings. The lowest BCUT2D eigenvalue weighted by Crippen LogP contribution is -2.16. The van der Waals surface area contributed by atoms with Gasteiger partial charge >= 0.3 is 0 Å². The highest BCUT2D eigenvalue weighted by molar-refractivity contribution is 8.00. The van der Waals surface area contributed by atoms with E-state index in [9.17, 15) is 4.39 Å². The predicted octanol–water partition coefficient (Wildman–Crippen LogP) is 4.00. The van der Waals surface area contributed by atoms with Crippen LogP contribution in [0.4, 0.5) is 4.39 Å². The van der Waals surface area contributed by atoms with Gasteiger partial charge in [0.15, 0.2) is 0 Å². The van der Waals surface area contributed by atoms with Gasteiger partial charge in [-0.3, -0.25) is 0 Å². The van der Waals surface area contributed by atoms with E-state index >= 15 is 0 Å². The summed E-state index contributed by atoms with van der Waals surface area (Å²) < 4.78 is 13.9. The highest BCUT2D eigenvalue weighted by atomic mass is 32.2. The van der Waals surface area contributed by atoms with Gasteiger partial charge < -0.3 is 5.32 Å². The number of benzene rings is 1. The van der Waals surface area contributed by atoms with Gasteiger partial charge in [0.25, 0.3) is 0 Å². The summed E-state index contributed by atoms with van der Waals surface area (Å²) in [7, 11) is 1.85. The minimum atomic E-state index is -0.129. The van der Waals surface area contributed by atoms with Gasteiger partial charge in [-0.1, -0.05) is 26.8 Å². The third-order valence-corrected chi connectivity index (χ3v) is 3.48. The van der Waals surface area contributed by atoms with E-state index in [4.69, 9.17) is 0 Å². The largest absolute Gasteiger partial charge is 0.313 e. The van der Waals surface area contributed by atoms with E-state index < -0.39 is 0 Å². The average molecular weight is 241 g/mol. The second kappa shape index (κ2) is 5.19. The zero-order chi connectivity index (χ0) is 12.3. The SMILES string of the molecule is CNC(C)c1c(F)cccc1SC(C)(C)C. The van der Waals surface area contributed by atoms with Crippen LogP contribution in [0.15, 0.2) is 23.1 Å². The fourth-order valence-corrected chi connectivity index (χ4v) is 2.69. The molecule has 0 heterocycles. The van der Waals surface area contributed by atoms with E-state index in [1.165, 1.54) is 6.07 Å². The standard InChI is InChI=1S/C13H20FNS/c1-9(15-5)12-10(14)7-6-8-11(12)16-13(2,3)4/h6-9,15H,1-5H3. The molecule has 1 rings (SSSR count). The lowest BCUT2D eigenvalue weighted by atomic mass is 10.1. The van der Waals surface area contributed by atoms with Crippen LogP contribution in [0.1, 0.15) is 39.3 Å². The van der Waals surface area contributed by atoms with Crippen LogP contribution in [0.5, 0.6) is 0 Å². The number of hydrogen-bond donors (Lipinski definition) is 1. The fraction of sp³-hybridized carbons (Fsp3) is 0.538. The molecule has 0 bridgehead atoms. The molecule has 0 spiro atoms. The lowest BCUT2D eigenvalue weighted by Gasteiger charge is -2.22. The van der Waals surface area contributed by atoms with Crippen LogP contribution in [0.2, 0.25) is 0 Å². The third-order valence-electron chi connectivity index (χ3n) is 2.30. The summed E-state index contributed by atoms with van der Waals surface area (Å²) in [6, 6.07) is 5.32. The smallest absolute Gasteiger partial charge is 0.129 e. The molecule has 0 aliphatic carbocycles. The Morgan fingerprint density at radius 1 is 1.31 bits per heavy atom. The number of thioether (sulfide) groups is 1. The Morgan fingerprint density at radius 2 is 1.94 bits per heavy atom.